The van der Waals surface area contributed by atoms with Crippen molar-refractivity contribution in [3.05, 3.63) is 23.8 Å². The van der Waals surface area contributed by atoms with Gasteiger partial charge < -0.3 is 19.7 Å². The van der Waals surface area contributed by atoms with E-state index in [1.165, 1.54) is 6.92 Å². The van der Waals surface area contributed by atoms with Crippen molar-refractivity contribution < 1.29 is 29.3 Å². The zero-order valence-electron chi connectivity index (χ0n) is 14.6. The zero-order valence-corrected chi connectivity index (χ0v) is 14.6. The molecule has 2 N–H and O–H groups in total. The van der Waals surface area contributed by atoms with E-state index in [9.17, 15) is 19.8 Å². The molecule has 0 aromatic carbocycles. The molecule has 7 heteroatoms. The standard InChI is InChI=1S/C18H25NO6/c1-4-11-7-10(2)18(3,23)17(22)24-9-12-13(20)8-19-6-5-14(15(12)19)25-16(11)21/h4,12-15,20,23H,2,5-9H2,1,3H3/t12-,13+,14+,15-,18-/m0/s1. The number of carbonyl (C=O) groups is 2. The van der Waals surface area contributed by atoms with Crippen LogP contribution >= 0.6 is 0 Å². The molecule has 0 bridgehead atoms. The molecule has 3 aliphatic rings. The molecule has 25 heavy (non-hydrogen) atoms. The molecule has 0 saturated carbocycles. The molecule has 0 amide bonds. The molecule has 0 unspecified atom stereocenters. The fourth-order valence-electron chi connectivity index (χ4n) is 3.91. The molecule has 3 heterocycles. The van der Waals surface area contributed by atoms with Gasteiger partial charge >= 0.3 is 11.9 Å². The summed E-state index contributed by atoms with van der Waals surface area (Å²) >= 11 is 0. The average molecular weight is 351 g/mol. The maximum absolute atomic E-state index is 12.5. The Morgan fingerprint density at radius 2 is 2.12 bits per heavy atom. The summed E-state index contributed by atoms with van der Waals surface area (Å²) in [7, 11) is 0. The van der Waals surface area contributed by atoms with Gasteiger partial charge in [0.25, 0.3) is 0 Å². The summed E-state index contributed by atoms with van der Waals surface area (Å²) in [6.45, 7) is 7.90. The van der Waals surface area contributed by atoms with Gasteiger partial charge in [-0.15, -0.1) is 0 Å². The predicted octanol–water partition coefficient (Wildman–Crippen LogP) is 0.164. The monoisotopic (exact) mass is 351 g/mol. The fourth-order valence-corrected chi connectivity index (χ4v) is 3.91. The van der Waals surface area contributed by atoms with Crippen LogP contribution in [-0.2, 0) is 19.1 Å². The number of aliphatic hydroxyl groups excluding tert-OH is 1. The Bertz CT molecular complexity index is 625. The molecular formula is C18H25NO6. The maximum atomic E-state index is 12.5. The van der Waals surface area contributed by atoms with Crippen LogP contribution in [0.15, 0.2) is 23.8 Å². The number of nitrogens with zero attached hydrogens (tertiary/aromatic N) is 1. The summed E-state index contributed by atoms with van der Waals surface area (Å²) in [5.74, 6) is -1.65. The van der Waals surface area contributed by atoms with Crippen molar-refractivity contribution in [3.63, 3.8) is 0 Å². The van der Waals surface area contributed by atoms with E-state index in [0.29, 0.717) is 18.5 Å². The van der Waals surface area contributed by atoms with Crippen molar-refractivity contribution >= 4 is 11.9 Å². The molecule has 0 aliphatic carbocycles. The van der Waals surface area contributed by atoms with Crippen LogP contribution in [0.4, 0.5) is 0 Å². The second-order valence-corrected chi connectivity index (χ2v) is 7.21. The van der Waals surface area contributed by atoms with Gasteiger partial charge in [0.05, 0.1) is 18.8 Å². The Hall–Kier alpha value is -1.70. The van der Waals surface area contributed by atoms with E-state index in [-0.39, 0.29) is 36.7 Å². The van der Waals surface area contributed by atoms with E-state index in [1.54, 1.807) is 13.0 Å². The third-order valence-electron chi connectivity index (χ3n) is 5.62. The highest BCUT2D eigenvalue weighted by atomic mass is 16.6. The number of allylic oxidation sites excluding steroid dienone is 1. The lowest BCUT2D eigenvalue weighted by Crippen LogP contribution is -2.44. The van der Waals surface area contributed by atoms with Crippen LogP contribution in [-0.4, -0.2) is 70.6 Å². The lowest BCUT2D eigenvalue weighted by Gasteiger charge is -2.30. The van der Waals surface area contributed by atoms with Crippen molar-refractivity contribution in [2.24, 2.45) is 5.92 Å². The smallest absolute Gasteiger partial charge is 0.342 e. The molecule has 3 rings (SSSR count). The average Bonchev–Trinajstić information content (AvgIpc) is 3.08. The molecule has 7 nitrogen and oxygen atoms in total. The number of cyclic esters (lactones) is 1. The highest BCUT2D eigenvalue weighted by Crippen LogP contribution is 2.37. The van der Waals surface area contributed by atoms with Gasteiger partial charge in [-0.1, -0.05) is 12.7 Å². The largest absolute Gasteiger partial charge is 0.463 e. The summed E-state index contributed by atoms with van der Waals surface area (Å²) in [5.41, 5.74) is -1.40. The molecule has 0 aromatic rings. The summed E-state index contributed by atoms with van der Waals surface area (Å²) in [4.78, 5) is 27.0. The second kappa shape index (κ2) is 6.55. The summed E-state index contributed by atoms with van der Waals surface area (Å²) < 4.78 is 11.0. The van der Waals surface area contributed by atoms with Crippen LogP contribution in [0.2, 0.25) is 0 Å². The molecule has 3 saturated heterocycles. The quantitative estimate of drug-likeness (QED) is 0.365. The van der Waals surface area contributed by atoms with E-state index in [2.05, 4.69) is 11.5 Å². The third-order valence-corrected chi connectivity index (χ3v) is 5.62. The highest BCUT2D eigenvalue weighted by Gasteiger charge is 2.51. The first-order valence-corrected chi connectivity index (χ1v) is 8.61. The van der Waals surface area contributed by atoms with Gasteiger partial charge in [-0.25, -0.2) is 9.59 Å². The Balaban J connectivity index is 1.93. The minimum absolute atomic E-state index is 0.0323. The number of ether oxygens (including phenoxy) is 2. The van der Waals surface area contributed by atoms with E-state index in [0.717, 1.165) is 6.54 Å². The van der Waals surface area contributed by atoms with Crippen LogP contribution in [0.5, 0.6) is 0 Å². The Labute approximate surface area is 146 Å². The van der Waals surface area contributed by atoms with Crippen molar-refractivity contribution in [1.82, 2.24) is 4.90 Å². The third kappa shape index (κ3) is 3.12. The lowest BCUT2D eigenvalue weighted by molar-refractivity contribution is -0.164. The molecule has 138 valence electrons. The molecule has 3 aliphatic heterocycles. The minimum atomic E-state index is -1.91. The van der Waals surface area contributed by atoms with Crippen molar-refractivity contribution in [1.29, 1.82) is 0 Å². The van der Waals surface area contributed by atoms with Gasteiger partial charge in [-0.2, -0.15) is 0 Å². The van der Waals surface area contributed by atoms with Gasteiger partial charge in [0, 0.05) is 31.0 Å². The normalized spacial score (nSPS) is 41.8. The van der Waals surface area contributed by atoms with Crippen molar-refractivity contribution in [2.75, 3.05) is 19.7 Å². The van der Waals surface area contributed by atoms with Crippen LogP contribution in [0.3, 0.4) is 0 Å². The first-order valence-electron chi connectivity index (χ1n) is 8.61. The Morgan fingerprint density at radius 3 is 2.80 bits per heavy atom. The van der Waals surface area contributed by atoms with Gasteiger partial charge in [0.15, 0.2) is 5.60 Å². The topological polar surface area (TPSA) is 96.3 Å². The van der Waals surface area contributed by atoms with Crippen molar-refractivity contribution in [2.45, 2.75) is 50.5 Å². The number of aliphatic hydroxyl groups is 2. The van der Waals surface area contributed by atoms with Crippen LogP contribution in [0.1, 0.15) is 26.7 Å². The predicted molar refractivity (Wildman–Crippen MR) is 88.5 cm³/mol. The van der Waals surface area contributed by atoms with E-state index >= 15 is 0 Å². The molecule has 0 radical (unpaired) electrons. The minimum Gasteiger partial charge on any atom is -0.463 e. The molecule has 5 atom stereocenters. The zero-order chi connectivity index (χ0) is 18.4. The number of hydrogen-bond acceptors (Lipinski definition) is 7. The Kier molecular flexibility index (Phi) is 4.74. The van der Waals surface area contributed by atoms with Gasteiger partial charge in [0.1, 0.15) is 6.10 Å². The molecule has 3 fully saturated rings. The van der Waals surface area contributed by atoms with Crippen LogP contribution in [0.25, 0.3) is 0 Å². The van der Waals surface area contributed by atoms with Crippen LogP contribution in [0, 0.1) is 5.92 Å². The second-order valence-electron chi connectivity index (χ2n) is 7.21. The van der Waals surface area contributed by atoms with Gasteiger partial charge in [-0.3, -0.25) is 4.90 Å². The molecule has 0 spiro atoms. The first-order chi connectivity index (χ1) is 11.8. The van der Waals surface area contributed by atoms with E-state index in [1.807, 2.05) is 0 Å². The number of rotatable bonds is 0. The number of hydrogen-bond donors (Lipinski definition) is 2. The van der Waals surface area contributed by atoms with E-state index in [4.69, 9.17) is 9.47 Å². The summed E-state index contributed by atoms with van der Waals surface area (Å²) in [6.07, 6.45) is 1.30. The first kappa shape index (κ1) is 18.1. The fraction of sp³-hybridized carbons (Fsp3) is 0.667. The lowest BCUT2D eigenvalue weighted by atomic mass is 9.90. The van der Waals surface area contributed by atoms with E-state index < -0.39 is 23.6 Å². The number of carbonyl (C=O) groups excluding carboxylic acids is 2. The maximum Gasteiger partial charge on any atom is 0.342 e. The number of esters is 2. The highest BCUT2D eigenvalue weighted by molar-refractivity contribution is 5.90. The van der Waals surface area contributed by atoms with Gasteiger partial charge in [-0.05, 0) is 25.8 Å². The van der Waals surface area contributed by atoms with Gasteiger partial charge in [0.2, 0.25) is 0 Å². The molecule has 0 aromatic heterocycles. The summed E-state index contributed by atoms with van der Waals surface area (Å²) in [5, 5.41) is 20.8. The van der Waals surface area contributed by atoms with Crippen LogP contribution < -0.4 is 0 Å². The summed E-state index contributed by atoms with van der Waals surface area (Å²) in [6, 6.07) is -0.183. The Morgan fingerprint density at radius 1 is 1.40 bits per heavy atom. The van der Waals surface area contributed by atoms with Crippen molar-refractivity contribution in [3.8, 4) is 0 Å². The SMILES string of the molecule is C=C1CC(=CC)C(=O)O[C@@H]2CCN3C[C@@H](O)[C@H](COC(=O)[C@@]1(C)O)[C@@H]23. The molecular weight excluding hydrogens is 326 g/mol.